The summed E-state index contributed by atoms with van der Waals surface area (Å²) in [7, 11) is 4.35. The highest BCUT2D eigenvalue weighted by Gasteiger charge is 2.36. The van der Waals surface area contributed by atoms with E-state index < -0.39 is 36.3 Å². The van der Waals surface area contributed by atoms with Gasteiger partial charge in [-0.15, -0.1) is 0 Å². The van der Waals surface area contributed by atoms with Gasteiger partial charge in [-0.05, 0) is 30.4 Å². The zero-order valence-electron chi connectivity index (χ0n) is 22.1. The number of aromatic amines is 1. The van der Waals surface area contributed by atoms with Crippen molar-refractivity contribution < 1.29 is 34.2 Å². The van der Waals surface area contributed by atoms with E-state index in [4.69, 9.17) is 14.4 Å². The molecule has 2 rings (SSSR count). The molecule has 0 aliphatic carbocycles. The molecule has 2 aromatic rings. The summed E-state index contributed by atoms with van der Waals surface area (Å²) in [6, 6.07) is 7.73. The van der Waals surface area contributed by atoms with E-state index in [1.807, 2.05) is 51.2 Å². The molecular weight excluding hydrogens is 466 g/mol. The summed E-state index contributed by atoms with van der Waals surface area (Å²) in [6.45, 7) is 6.69. The summed E-state index contributed by atoms with van der Waals surface area (Å²) >= 11 is 0. The molecule has 1 aromatic heterocycles. The van der Waals surface area contributed by atoms with Gasteiger partial charge in [0.1, 0.15) is 17.9 Å². The molecule has 10 nitrogen and oxygen atoms in total. The number of hydrogen-bond acceptors (Lipinski definition) is 8. The number of fused-ring (bicyclic) bond motifs is 1. The van der Waals surface area contributed by atoms with Crippen molar-refractivity contribution in [2.24, 2.45) is 16.5 Å². The van der Waals surface area contributed by atoms with Crippen LogP contribution in [-0.2, 0) is 30.4 Å². The average Bonchev–Trinajstić information content (AvgIpc) is 3.23. The third-order valence-corrected chi connectivity index (χ3v) is 6.00. The van der Waals surface area contributed by atoms with Crippen LogP contribution in [0.15, 0.2) is 35.6 Å². The van der Waals surface area contributed by atoms with Crippen LogP contribution >= 0.6 is 0 Å². The van der Waals surface area contributed by atoms with Gasteiger partial charge in [-0.3, -0.25) is 14.4 Å². The van der Waals surface area contributed by atoms with Crippen LogP contribution < -0.4 is 0 Å². The van der Waals surface area contributed by atoms with Gasteiger partial charge in [0.2, 0.25) is 5.91 Å². The first-order valence-electron chi connectivity index (χ1n) is 11.9. The van der Waals surface area contributed by atoms with Crippen LogP contribution in [0.3, 0.4) is 0 Å². The Bertz CT molecular complexity index is 1040. The lowest BCUT2D eigenvalue weighted by Gasteiger charge is -2.32. The second kappa shape index (κ2) is 13.0. The highest BCUT2D eigenvalue weighted by atomic mass is 16.7. The van der Waals surface area contributed by atoms with Crippen molar-refractivity contribution in [2.45, 2.75) is 58.8 Å². The van der Waals surface area contributed by atoms with E-state index >= 15 is 0 Å². The topological polar surface area (TPSA) is 134 Å². The molecule has 0 unspecified atom stereocenters. The van der Waals surface area contributed by atoms with Gasteiger partial charge in [-0.1, -0.05) is 44.1 Å². The summed E-state index contributed by atoms with van der Waals surface area (Å²) in [6.07, 6.45) is -1.05. The Balaban J connectivity index is 2.18. The molecule has 0 bridgehead atoms. The lowest BCUT2D eigenvalue weighted by atomic mass is 9.83. The number of oxime groups is 1. The molecule has 36 heavy (non-hydrogen) atoms. The van der Waals surface area contributed by atoms with Crippen LogP contribution in [0, 0.1) is 11.3 Å². The van der Waals surface area contributed by atoms with Gasteiger partial charge in [-0.25, -0.2) is 5.06 Å². The van der Waals surface area contributed by atoms with E-state index in [2.05, 4.69) is 10.1 Å². The Morgan fingerprint density at radius 3 is 2.42 bits per heavy atom. The van der Waals surface area contributed by atoms with Gasteiger partial charge < -0.3 is 24.8 Å². The maximum atomic E-state index is 12.9. The van der Waals surface area contributed by atoms with E-state index in [1.165, 1.54) is 28.2 Å². The van der Waals surface area contributed by atoms with Crippen LogP contribution in [0.2, 0.25) is 0 Å². The van der Waals surface area contributed by atoms with Crippen LogP contribution in [-0.4, -0.2) is 83.8 Å². The Labute approximate surface area is 212 Å². The third-order valence-electron chi connectivity index (χ3n) is 6.00. The zero-order valence-corrected chi connectivity index (χ0v) is 22.1. The Hall–Kier alpha value is -2.79. The monoisotopic (exact) mass is 505 g/mol. The van der Waals surface area contributed by atoms with E-state index in [9.17, 15) is 19.8 Å². The number of amides is 1. The number of Topliss-reactive ketones (excluding diaryl/α,β-unsaturated/α-hetero) is 1. The molecule has 0 saturated heterocycles. The first-order chi connectivity index (χ1) is 16.9. The van der Waals surface area contributed by atoms with Gasteiger partial charge in [0, 0.05) is 37.7 Å². The standard InChI is InChI=1S/C26H39N3O7/c1-16(30)23(32)22(24(34-6)26(2,3)4)28-36-15-19(31)13-17(25(33)29(5)35-7)12-18-14-27-21-11-9-8-10-20(18)21/h8-11,14,16-17,23-24,27,30,32H,12-13,15H2,1-7H3/b28-22+/t16-,17-,23+,24-/m1/s1. The highest BCUT2D eigenvalue weighted by molar-refractivity contribution is 5.93. The predicted octanol–water partition coefficient (Wildman–Crippen LogP) is 2.48. The van der Waals surface area contributed by atoms with Crippen LogP contribution in [0.4, 0.5) is 0 Å². The molecule has 0 radical (unpaired) electrons. The first kappa shape index (κ1) is 29.4. The quantitative estimate of drug-likeness (QED) is 0.281. The van der Waals surface area contributed by atoms with Crippen molar-refractivity contribution >= 4 is 28.3 Å². The van der Waals surface area contributed by atoms with Gasteiger partial charge in [0.15, 0.2) is 12.4 Å². The molecular formula is C26H39N3O7. The van der Waals surface area contributed by atoms with Crippen LogP contribution in [0.5, 0.6) is 0 Å². The fourth-order valence-corrected chi connectivity index (χ4v) is 4.09. The van der Waals surface area contributed by atoms with Gasteiger partial charge in [0.05, 0.1) is 19.1 Å². The van der Waals surface area contributed by atoms with E-state index in [0.29, 0.717) is 6.42 Å². The number of aromatic nitrogens is 1. The fourth-order valence-electron chi connectivity index (χ4n) is 4.09. The molecule has 200 valence electrons. The Morgan fingerprint density at radius 2 is 1.83 bits per heavy atom. The molecule has 0 spiro atoms. The molecule has 0 saturated carbocycles. The first-order valence-corrected chi connectivity index (χ1v) is 11.9. The zero-order chi connectivity index (χ0) is 27.0. The average molecular weight is 506 g/mol. The minimum Gasteiger partial charge on any atom is -0.390 e. The lowest BCUT2D eigenvalue weighted by Crippen LogP contribution is -2.46. The molecule has 0 fully saturated rings. The van der Waals surface area contributed by atoms with Crippen molar-refractivity contribution in [1.82, 2.24) is 10.0 Å². The number of nitrogens with one attached hydrogen (secondary N) is 1. The van der Waals surface area contributed by atoms with Gasteiger partial charge in [0.25, 0.3) is 0 Å². The van der Waals surface area contributed by atoms with E-state index in [0.717, 1.165) is 21.5 Å². The van der Waals surface area contributed by atoms with Crippen molar-refractivity contribution in [1.29, 1.82) is 0 Å². The molecule has 3 N–H and O–H groups in total. The highest BCUT2D eigenvalue weighted by Crippen LogP contribution is 2.26. The van der Waals surface area contributed by atoms with Crippen LogP contribution in [0.25, 0.3) is 10.9 Å². The SMILES string of the molecule is CO[C@H](/C(=N/OCC(=O)C[C@@H](Cc1c[nH]c2ccccc12)C(=O)N(C)OC)[C@@H](O)[C@@H](C)O)C(C)(C)C. The summed E-state index contributed by atoms with van der Waals surface area (Å²) in [5.74, 6) is -1.37. The summed E-state index contributed by atoms with van der Waals surface area (Å²) in [4.78, 5) is 39.3. The normalized spacial score (nSPS) is 15.9. The molecule has 1 amide bonds. The Kier molecular flexibility index (Phi) is 10.6. The van der Waals surface area contributed by atoms with E-state index in [-0.39, 0.29) is 23.8 Å². The van der Waals surface area contributed by atoms with Crippen LogP contribution in [0.1, 0.15) is 39.7 Å². The number of carbonyl (C=O) groups is 2. The predicted molar refractivity (Wildman–Crippen MR) is 136 cm³/mol. The second-order valence-corrected chi connectivity index (χ2v) is 9.98. The summed E-state index contributed by atoms with van der Waals surface area (Å²) in [5.41, 5.74) is 1.48. The smallest absolute Gasteiger partial charge is 0.249 e. The number of benzene rings is 1. The lowest BCUT2D eigenvalue weighted by molar-refractivity contribution is -0.174. The fraction of sp³-hybridized carbons (Fsp3) is 0.577. The molecule has 1 heterocycles. The number of methoxy groups -OCH3 is 1. The molecule has 10 heteroatoms. The number of aliphatic hydroxyl groups is 2. The number of hydroxylamine groups is 2. The number of rotatable bonds is 13. The van der Waals surface area contributed by atoms with Crippen molar-refractivity contribution in [3.05, 3.63) is 36.0 Å². The molecule has 0 aliphatic heterocycles. The number of carbonyl (C=O) groups excluding carboxylic acids is 2. The van der Waals surface area contributed by atoms with Crippen molar-refractivity contribution in [3.8, 4) is 0 Å². The summed E-state index contributed by atoms with van der Waals surface area (Å²) < 4.78 is 5.50. The van der Waals surface area contributed by atoms with Gasteiger partial charge in [-0.2, -0.15) is 0 Å². The number of para-hydroxylation sites is 1. The minimum atomic E-state index is -1.34. The number of ketones is 1. The third kappa shape index (κ3) is 7.60. The number of aliphatic hydroxyl groups excluding tert-OH is 2. The largest absolute Gasteiger partial charge is 0.390 e. The summed E-state index contributed by atoms with van der Waals surface area (Å²) in [5, 5.41) is 26.4. The molecule has 4 atom stereocenters. The Morgan fingerprint density at radius 1 is 1.17 bits per heavy atom. The maximum absolute atomic E-state index is 12.9. The molecule has 1 aromatic carbocycles. The van der Waals surface area contributed by atoms with Gasteiger partial charge >= 0.3 is 0 Å². The number of H-pyrrole nitrogens is 1. The van der Waals surface area contributed by atoms with Crippen molar-refractivity contribution in [3.63, 3.8) is 0 Å². The number of nitrogens with zero attached hydrogens (tertiary/aromatic N) is 2. The molecule has 0 aliphatic rings. The minimum absolute atomic E-state index is 0.0818. The second-order valence-electron chi connectivity index (χ2n) is 9.98. The van der Waals surface area contributed by atoms with E-state index in [1.54, 1.807) is 0 Å². The van der Waals surface area contributed by atoms with Crippen molar-refractivity contribution in [2.75, 3.05) is 27.9 Å². The number of ether oxygens (including phenoxy) is 1. The number of hydrogen-bond donors (Lipinski definition) is 3. The maximum Gasteiger partial charge on any atom is 0.249 e.